The van der Waals surface area contributed by atoms with Gasteiger partial charge in [-0.3, -0.25) is 14.9 Å². The number of benzene rings is 1. The Morgan fingerprint density at radius 3 is 2.81 bits per heavy atom. The van der Waals surface area contributed by atoms with Gasteiger partial charge in [0.05, 0.1) is 4.92 Å². The van der Waals surface area contributed by atoms with Gasteiger partial charge in [-0.1, -0.05) is 18.5 Å². The number of carbonyl (C=O) groups is 1. The van der Waals surface area contributed by atoms with Crippen LogP contribution in [0.4, 0.5) is 5.69 Å². The molecule has 0 aliphatic carbocycles. The number of rotatable bonds is 5. The first-order valence-electron chi connectivity index (χ1n) is 4.63. The summed E-state index contributed by atoms with van der Waals surface area (Å²) in [5.74, 6) is -0.0690. The van der Waals surface area contributed by atoms with E-state index in [0.29, 0.717) is 6.42 Å². The van der Waals surface area contributed by atoms with Crippen LogP contribution in [0, 0.1) is 10.1 Å². The van der Waals surface area contributed by atoms with Crippen LogP contribution < -0.4 is 4.74 Å². The Morgan fingerprint density at radius 2 is 2.25 bits per heavy atom. The Labute approximate surface area is 97.1 Å². The normalized spacial score (nSPS) is 9.88. The highest BCUT2D eigenvalue weighted by molar-refractivity contribution is 6.30. The zero-order valence-electron chi connectivity index (χ0n) is 8.60. The van der Waals surface area contributed by atoms with E-state index in [4.69, 9.17) is 16.3 Å². The number of nitro groups is 1. The molecule has 1 aromatic rings. The van der Waals surface area contributed by atoms with Crippen LogP contribution in [0.15, 0.2) is 18.2 Å². The van der Waals surface area contributed by atoms with Crippen molar-refractivity contribution in [2.45, 2.75) is 13.3 Å². The standard InChI is InChI=1S/C10H10ClNO4/c1-2-8(13)6-16-10-4-3-7(11)5-9(10)12(14)15/h3-5H,2,6H2,1H3. The Balaban J connectivity index is 2.87. The van der Waals surface area contributed by atoms with E-state index in [2.05, 4.69) is 0 Å². The maximum absolute atomic E-state index is 11.0. The van der Waals surface area contributed by atoms with Crippen molar-refractivity contribution < 1.29 is 14.5 Å². The molecule has 0 unspecified atom stereocenters. The lowest BCUT2D eigenvalue weighted by Gasteiger charge is -2.05. The fraction of sp³-hybridized carbons (Fsp3) is 0.300. The molecule has 0 fully saturated rings. The summed E-state index contributed by atoms with van der Waals surface area (Å²) in [6, 6.07) is 4.04. The first kappa shape index (κ1) is 12.4. The maximum Gasteiger partial charge on any atom is 0.312 e. The van der Waals surface area contributed by atoms with E-state index < -0.39 is 4.92 Å². The number of ketones is 1. The molecule has 0 N–H and O–H groups in total. The highest BCUT2D eigenvalue weighted by atomic mass is 35.5. The molecule has 1 aromatic carbocycles. The largest absolute Gasteiger partial charge is 0.479 e. The van der Waals surface area contributed by atoms with Gasteiger partial charge in [-0.05, 0) is 12.1 Å². The SMILES string of the molecule is CCC(=O)COc1ccc(Cl)cc1[N+](=O)[O-]. The lowest BCUT2D eigenvalue weighted by molar-refractivity contribution is -0.385. The number of halogens is 1. The lowest BCUT2D eigenvalue weighted by atomic mass is 10.3. The number of nitro benzene ring substituents is 1. The van der Waals surface area contributed by atoms with Crippen LogP contribution in [0.5, 0.6) is 5.75 Å². The molecule has 0 heterocycles. The second-order valence-electron chi connectivity index (χ2n) is 3.05. The predicted octanol–water partition coefficient (Wildman–Crippen LogP) is 2.61. The van der Waals surface area contributed by atoms with E-state index in [9.17, 15) is 14.9 Å². The number of Topliss-reactive ketones (excluding diaryl/α,β-unsaturated/α-hetero) is 1. The van der Waals surface area contributed by atoms with E-state index in [1.54, 1.807) is 6.92 Å². The van der Waals surface area contributed by atoms with Crippen molar-refractivity contribution in [2.24, 2.45) is 0 Å². The molecule has 0 saturated heterocycles. The Hall–Kier alpha value is -1.62. The van der Waals surface area contributed by atoms with Gasteiger partial charge in [-0.25, -0.2) is 0 Å². The van der Waals surface area contributed by atoms with E-state index in [1.165, 1.54) is 18.2 Å². The lowest BCUT2D eigenvalue weighted by Crippen LogP contribution is -2.10. The number of hydrogen-bond acceptors (Lipinski definition) is 4. The molecule has 6 heteroatoms. The van der Waals surface area contributed by atoms with Crippen LogP contribution >= 0.6 is 11.6 Å². The van der Waals surface area contributed by atoms with Gasteiger partial charge in [-0.15, -0.1) is 0 Å². The third kappa shape index (κ3) is 3.20. The van der Waals surface area contributed by atoms with Crippen LogP contribution in [0.1, 0.15) is 13.3 Å². The van der Waals surface area contributed by atoms with Crippen LogP contribution in [-0.2, 0) is 4.79 Å². The minimum absolute atomic E-state index is 0.0520. The molecule has 0 bridgehead atoms. The first-order valence-corrected chi connectivity index (χ1v) is 5.00. The molecule has 0 saturated carbocycles. The van der Waals surface area contributed by atoms with Crippen LogP contribution in [0.25, 0.3) is 0 Å². The van der Waals surface area contributed by atoms with E-state index in [-0.39, 0.29) is 28.8 Å². The summed E-state index contributed by atoms with van der Waals surface area (Å²) >= 11 is 5.62. The van der Waals surface area contributed by atoms with Crippen molar-refractivity contribution in [1.82, 2.24) is 0 Å². The Morgan fingerprint density at radius 1 is 1.56 bits per heavy atom. The molecular weight excluding hydrogens is 234 g/mol. The number of ether oxygens (including phenoxy) is 1. The van der Waals surface area contributed by atoms with E-state index in [1.807, 2.05) is 0 Å². The highest BCUT2D eigenvalue weighted by Gasteiger charge is 2.16. The van der Waals surface area contributed by atoms with Gasteiger partial charge < -0.3 is 4.74 Å². The smallest absolute Gasteiger partial charge is 0.312 e. The molecule has 0 aromatic heterocycles. The average molecular weight is 244 g/mol. The van der Waals surface area contributed by atoms with Gasteiger partial charge in [0, 0.05) is 17.5 Å². The van der Waals surface area contributed by atoms with Crippen molar-refractivity contribution in [3.05, 3.63) is 33.3 Å². The van der Waals surface area contributed by atoms with Crippen molar-refractivity contribution in [2.75, 3.05) is 6.61 Å². The molecule has 0 atom stereocenters. The van der Waals surface area contributed by atoms with E-state index >= 15 is 0 Å². The Bertz CT molecular complexity index is 419. The maximum atomic E-state index is 11.0. The van der Waals surface area contributed by atoms with Crippen molar-refractivity contribution in [3.8, 4) is 5.75 Å². The summed E-state index contributed by atoms with van der Waals surface area (Å²) in [4.78, 5) is 21.1. The summed E-state index contributed by atoms with van der Waals surface area (Å²) in [5.41, 5.74) is -0.239. The predicted molar refractivity (Wildman–Crippen MR) is 58.9 cm³/mol. The molecule has 1 rings (SSSR count). The fourth-order valence-corrected chi connectivity index (χ4v) is 1.18. The summed E-state index contributed by atoms with van der Waals surface area (Å²) < 4.78 is 5.06. The van der Waals surface area contributed by atoms with Crippen molar-refractivity contribution in [1.29, 1.82) is 0 Å². The molecule has 86 valence electrons. The molecule has 0 spiro atoms. The van der Waals surface area contributed by atoms with E-state index in [0.717, 1.165) is 0 Å². The van der Waals surface area contributed by atoms with Gasteiger partial charge in [0.25, 0.3) is 0 Å². The molecule has 0 aliphatic rings. The third-order valence-electron chi connectivity index (χ3n) is 1.90. The van der Waals surface area contributed by atoms with Crippen molar-refractivity contribution >= 4 is 23.1 Å². The molecule has 0 aliphatic heterocycles. The number of nitrogens with zero attached hydrogens (tertiary/aromatic N) is 1. The zero-order valence-corrected chi connectivity index (χ0v) is 9.36. The third-order valence-corrected chi connectivity index (χ3v) is 2.14. The van der Waals surface area contributed by atoms with Gasteiger partial charge in [0.15, 0.2) is 11.5 Å². The second-order valence-corrected chi connectivity index (χ2v) is 3.49. The molecular formula is C10H10ClNO4. The van der Waals surface area contributed by atoms with Gasteiger partial charge >= 0.3 is 5.69 Å². The first-order chi connectivity index (χ1) is 7.54. The van der Waals surface area contributed by atoms with Crippen LogP contribution in [0.2, 0.25) is 5.02 Å². The van der Waals surface area contributed by atoms with Crippen LogP contribution in [-0.4, -0.2) is 17.3 Å². The monoisotopic (exact) mass is 243 g/mol. The molecule has 0 amide bonds. The minimum Gasteiger partial charge on any atom is -0.479 e. The average Bonchev–Trinajstić information content (AvgIpc) is 2.26. The molecule has 16 heavy (non-hydrogen) atoms. The summed E-state index contributed by atoms with van der Waals surface area (Å²) in [7, 11) is 0. The van der Waals surface area contributed by atoms with Crippen molar-refractivity contribution in [3.63, 3.8) is 0 Å². The Kier molecular flexibility index (Phi) is 4.25. The zero-order chi connectivity index (χ0) is 12.1. The quantitative estimate of drug-likeness (QED) is 0.589. The van der Waals surface area contributed by atoms with Gasteiger partial charge in [-0.2, -0.15) is 0 Å². The topological polar surface area (TPSA) is 69.4 Å². The second kappa shape index (κ2) is 5.46. The molecule has 5 nitrogen and oxygen atoms in total. The number of carbonyl (C=O) groups excluding carboxylic acids is 1. The summed E-state index contributed by atoms with van der Waals surface area (Å²) in [6.45, 7) is 1.53. The molecule has 0 radical (unpaired) electrons. The van der Waals surface area contributed by atoms with Gasteiger partial charge in [0.1, 0.15) is 6.61 Å². The highest BCUT2D eigenvalue weighted by Crippen LogP contribution is 2.29. The minimum atomic E-state index is -0.600. The number of hydrogen-bond donors (Lipinski definition) is 0. The fourth-order valence-electron chi connectivity index (χ4n) is 1.02. The van der Waals surface area contributed by atoms with Gasteiger partial charge in [0.2, 0.25) is 0 Å². The summed E-state index contributed by atoms with van der Waals surface area (Å²) in [5, 5.41) is 10.9. The summed E-state index contributed by atoms with van der Waals surface area (Å²) in [6.07, 6.45) is 0.335. The van der Waals surface area contributed by atoms with Crippen LogP contribution in [0.3, 0.4) is 0 Å².